The van der Waals surface area contributed by atoms with Crippen LogP contribution in [0.4, 0.5) is 0 Å². The number of benzene rings is 3. The molecule has 1 aliphatic heterocycles. The van der Waals surface area contributed by atoms with Crippen LogP contribution in [0.15, 0.2) is 48.5 Å². The third-order valence-electron chi connectivity index (χ3n) is 8.41. The highest BCUT2D eigenvalue weighted by atomic mass is 35.5. The van der Waals surface area contributed by atoms with Crippen molar-refractivity contribution in [3.8, 4) is 28.4 Å². The normalized spacial score (nSPS) is 16.8. The molecule has 0 aromatic heterocycles. The van der Waals surface area contributed by atoms with Crippen LogP contribution >= 0.6 is 11.6 Å². The summed E-state index contributed by atoms with van der Waals surface area (Å²) in [7, 11) is 0. The molecule has 0 amide bonds. The number of rotatable bonds is 13. The summed E-state index contributed by atoms with van der Waals surface area (Å²) >= 11 is 6.77. The number of likely N-dealkylation sites (tertiary alicyclic amines) is 1. The second-order valence-corrected chi connectivity index (χ2v) is 13.3. The summed E-state index contributed by atoms with van der Waals surface area (Å²) in [6.45, 7) is 14.4. The minimum Gasteiger partial charge on any atom is -0.493 e. The first kappa shape index (κ1) is 32.1. The van der Waals surface area contributed by atoms with Gasteiger partial charge in [0.05, 0.1) is 24.2 Å². The summed E-state index contributed by atoms with van der Waals surface area (Å²) in [6, 6.07) is 16.5. The summed E-state index contributed by atoms with van der Waals surface area (Å²) in [4.78, 5) is 13.3. The lowest BCUT2D eigenvalue weighted by molar-refractivity contribution is -0.147. The highest BCUT2D eigenvalue weighted by Gasteiger charge is 2.33. The molecule has 0 bridgehead atoms. The molecule has 1 atom stereocenters. The highest BCUT2D eigenvalue weighted by Crippen LogP contribution is 2.44. The van der Waals surface area contributed by atoms with E-state index in [1.54, 1.807) is 0 Å². The van der Waals surface area contributed by atoms with Crippen molar-refractivity contribution in [2.45, 2.75) is 72.1 Å². The van der Waals surface area contributed by atoms with Gasteiger partial charge in [-0.15, -0.1) is 0 Å². The highest BCUT2D eigenvalue weighted by molar-refractivity contribution is 6.32. The largest absolute Gasteiger partial charge is 0.493 e. The molecule has 1 fully saturated rings. The van der Waals surface area contributed by atoms with E-state index in [0.717, 1.165) is 48.4 Å². The van der Waals surface area contributed by atoms with E-state index in [-0.39, 0.29) is 17.6 Å². The number of nitrogens with zero attached hydrogens (tertiary/aromatic N) is 1. The van der Waals surface area contributed by atoms with Crippen LogP contribution in [0.5, 0.6) is 17.2 Å². The molecule has 5 rings (SSSR count). The Morgan fingerprint density at radius 2 is 1.80 bits per heavy atom. The van der Waals surface area contributed by atoms with Gasteiger partial charge in [-0.2, -0.15) is 0 Å². The Bertz CT molecular complexity index is 1480. The van der Waals surface area contributed by atoms with Crippen LogP contribution in [-0.4, -0.2) is 54.4 Å². The Hall–Kier alpha value is -3.26. The van der Waals surface area contributed by atoms with Crippen molar-refractivity contribution < 1.29 is 24.1 Å². The zero-order chi connectivity index (χ0) is 31.4. The van der Waals surface area contributed by atoms with Gasteiger partial charge in [-0.25, -0.2) is 0 Å². The van der Waals surface area contributed by atoms with Gasteiger partial charge in [-0.05, 0) is 100 Å². The van der Waals surface area contributed by atoms with Crippen LogP contribution in [0.25, 0.3) is 11.1 Å². The first-order chi connectivity index (χ1) is 21.0. The van der Waals surface area contributed by atoms with Gasteiger partial charge in [-0.1, -0.05) is 41.9 Å². The van der Waals surface area contributed by atoms with Gasteiger partial charge < -0.3 is 24.6 Å². The van der Waals surface area contributed by atoms with Gasteiger partial charge in [0, 0.05) is 36.8 Å². The van der Waals surface area contributed by atoms with Crippen molar-refractivity contribution in [2.75, 3.05) is 32.8 Å². The molecule has 236 valence electrons. The Kier molecular flexibility index (Phi) is 10.1. The van der Waals surface area contributed by atoms with Crippen LogP contribution in [0.3, 0.4) is 0 Å². The summed E-state index contributed by atoms with van der Waals surface area (Å²) in [5.41, 5.74) is 7.07. The zero-order valence-electron chi connectivity index (χ0n) is 26.5. The van der Waals surface area contributed by atoms with Gasteiger partial charge in [0.2, 0.25) is 0 Å². The van der Waals surface area contributed by atoms with Crippen molar-refractivity contribution in [2.24, 2.45) is 5.92 Å². The maximum atomic E-state index is 11.2. The standard InChI is InChI=1S/C36H45ClN2O5/c1-6-42-33-19-34(30(37)18-24(33)20-39-21-25(22-39)35(40)41)44-32-15-14-28-27(11-7-12-29(28)32)26-10-8-13-31(23(26)2)43-17-9-16-38-36(3,4)5/h7-8,10-13,18-19,25,32,38H,6,9,14-17,20-22H2,1-5H3,(H,40,41)/t32-/m0/s1. The Morgan fingerprint density at radius 1 is 1.05 bits per heavy atom. The predicted molar refractivity (Wildman–Crippen MR) is 175 cm³/mol. The van der Waals surface area contributed by atoms with E-state index in [0.29, 0.717) is 43.6 Å². The zero-order valence-corrected chi connectivity index (χ0v) is 27.3. The second kappa shape index (κ2) is 13.8. The lowest BCUT2D eigenvalue weighted by Gasteiger charge is -2.37. The van der Waals surface area contributed by atoms with Gasteiger partial charge >= 0.3 is 5.97 Å². The number of carbonyl (C=O) groups is 1. The minimum absolute atomic E-state index is 0.106. The molecule has 1 heterocycles. The summed E-state index contributed by atoms with van der Waals surface area (Å²) in [5, 5.41) is 13.3. The second-order valence-electron chi connectivity index (χ2n) is 12.9. The van der Waals surface area contributed by atoms with Crippen molar-refractivity contribution in [1.82, 2.24) is 10.2 Å². The molecule has 0 spiro atoms. The van der Waals surface area contributed by atoms with Crippen LogP contribution in [0, 0.1) is 12.8 Å². The van der Waals surface area contributed by atoms with E-state index < -0.39 is 5.97 Å². The summed E-state index contributed by atoms with van der Waals surface area (Å²) < 4.78 is 18.8. The number of nitrogens with one attached hydrogen (secondary N) is 1. The number of halogens is 1. The average molecular weight is 621 g/mol. The first-order valence-corrected chi connectivity index (χ1v) is 16.1. The molecule has 0 radical (unpaired) electrons. The lowest BCUT2D eigenvalue weighted by atomic mass is 9.93. The molecule has 0 saturated carbocycles. The Labute approximate surface area is 266 Å². The Balaban J connectivity index is 1.30. The maximum Gasteiger partial charge on any atom is 0.309 e. The van der Waals surface area contributed by atoms with Crippen LogP contribution in [0.1, 0.15) is 68.9 Å². The quantitative estimate of drug-likeness (QED) is 0.192. The van der Waals surface area contributed by atoms with E-state index in [9.17, 15) is 9.90 Å². The average Bonchev–Trinajstić information content (AvgIpc) is 3.35. The molecule has 3 aromatic rings. The molecular formula is C36H45ClN2O5. The fourth-order valence-electron chi connectivity index (χ4n) is 6.10. The number of hydrogen-bond acceptors (Lipinski definition) is 6. The van der Waals surface area contributed by atoms with E-state index in [4.69, 9.17) is 25.8 Å². The number of hydrogen-bond donors (Lipinski definition) is 2. The van der Waals surface area contributed by atoms with Gasteiger partial charge in [0.15, 0.2) is 0 Å². The molecule has 1 aliphatic carbocycles. The van der Waals surface area contributed by atoms with Gasteiger partial charge in [0.1, 0.15) is 23.4 Å². The number of fused-ring (bicyclic) bond motifs is 1. The molecule has 8 heteroatoms. The summed E-state index contributed by atoms with van der Waals surface area (Å²) in [5.74, 6) is 1.19. The van der Waals surface area contributed by atoms with Crippen LogP contribution in [-0.2, 0) is 17.8 Å². The Morgan fingerprint density at radius 3 is 2.52 bits per heavy atom. The molecule has 1 saturated heterocycles. The molecule has 2 aliphatic rings. The van der Waals surface area contributed by atoms with Crippen molar-refractivity contribution >= 4 is 17.6 Å². The molecule has 0 unspecified atom stereocenters. The van der Waals surface area contributed by atoms with Crippen LogP contribution in [0.2, 0.25) is 5.02 Å². The smallest absolute Gasteiger partial charge is 0.309 e. The third-order valence-corrected chi connectivity index (χ3v) is 8.70. The fraction of sp³-hybridized carbons (Fsp3) is 0.472. The van der Waals surface area contributed by atoms with Crippen molar-refractivity contribution in [3.63, 3.8) is 0 Å². The number of aliphatic carboxylic acids is 1. The predicted octanol–water partition coefficient (Wildman–Crippen LogP) is 7.45. The molecule has 44 heavy (non-hydrogen) atoms. The fourth-order valence-corrected chi connectivity index (χ4v) is 6.33. The van der Waals surface area contributed by atoms with Crippen molar-refractivity contribution in [3.05, 3.63) is 75.8 Å². The maximum absolute atomic E-state index is 11.2. The SMILES string of the molecule is CCOc1cc(O[C@H]2CCc3c(-c4cccc(OCCCNC(C)(C)C)c4C)cccc32)c(Cl)cc1CN1CC(C(=O)O)C1. The number of carboxylic acids is 1. The third kappa shape index (κ3) is 7.51. The monoisotopic (exact) mass is 620 g/mol. The van der Waals surface area contributed by atoms with Crippen molar-refractivity contribution in [1.29, 1.82) is 0 Å². The molecular weight excluding hydrogens is 576 g/mol. The van der Waals surface area contributed by atoms with E-state index in [2.05, 4.69) is 74.3 Å². The molecule has 2 N–H and O–H groups in total. The van der Waals surface area contributed by atoms with Gasteiger partial charge in [-0.3, -0.25) is 9.69 Å². The summed E-state index contributed by atoms with van der Waals surface area (Å²) in [6.07, 6.45) is 2.59. The first-order valence-electron chi connectivity index (χ1n) is 15.7. The van der Waals surface area contributed by atoms with Crippen LogP contribution < -0.4 is 19.5 Å². The van der Waals surface area contributed by atoms with E-state index in [1.807, 2.05) is 19.1 Å². The lowest BCUT2D eigenvalue weighted by Crippen LogP contribution is -2.49. The topological polar surface area (TPSA) is 80.3 Å². The van der Waals surface area contributed by atoms with Gasteiger partial charge in [0.25, 0.3) is 0 Å². The van der Waals surface area contributed by atoms with E-state index in [1.165, 1.54) is 22.3 Å². The number of ether oxygens (including phenoxy) is 3. The number of carboxylic acid groups (broad SMARTS) is 1. The molecule has 3 aromatic carbocycles. The minimum atomic E-state index is -0.746. The molecule has 7 nitrogen and oxygen atoms in total. The van der Waals surface area contributed by atoms with E-state index >= 15 is 0 Å².